The quantitative estimate of drug-likeness (QED) is 0.752. The van der Waals surface area contributed by atoms with Gasteiger partial charge in [0.2, 0.25) is 0 Å². The van der Waals surface area contributed by atoms with Crippen LogP contribution in [0.15, 0.2) is 0 Å². The number of rotatable bonds is 3. The lowest BCUT2D eigenvalue weighted by Gasteiger charge is -2.24. The van der Waals surface area contributed by atoms with Crippen LogP contribution in [0.4, 0.5) is 4.79 Å². The summed E-state index contributed by atoms with van der Waals surface area (Å²) in [6.45, 7) is 7.53. The van der Waals surface area contributed by atoms with Gasteiger partial charge in [0.25, 0.3) is 0 Å². The third kappa shape index (κ3) is 4.51. The smallest absolute Gasteiger partial charge is 0.408 e. The average Bonchev–Trinajstić information content (AvgIpc) is 2.61. The van der Waals surface area contributed by atoms with Gasteiger partial charge >= 0.3 is 6.09 Å². The van der Waals surface area contributed by atoms with Gasteiger partial charge in [0.15, 0.2) is 0 Å². The van der Waals surface area contributed by atoms with Crippen LogP contribution in [0, 0.1) is 0 Å². The fourth-order valence-electron chi connectivity index (χ4n) is 1.67. The summed E-state index contributed by atoms with van der Waals surface area (Å²) in [6, 6.07) is 0.113. The summed E-state index contributed by atoms with van der Waals surface area (Å²) in [4.78, 5) is 11.5. The van der Waals surface area contributed by atoms with Crippen LogP contribution in [-0.4, -0.2) is 23.3 Å². The lowest BCUT2D eigenvalue weighted by Crippen LogP contribution is -2.43. The average molecular weight is 214 g/mol. The Balaban J connectivity index is 2.38. The first-order chi connectivity index (χ1) is 6.72. The summed E-state index contributed by atoms with van der Waals surface area (Å²) >= 11 is 0. The monoisotopic (exact) mass is 214 g/mol. The second-order valence-corrected chi connectivity index (χ2v) is 5.59. The van der Waals surface area contributed by atoms with Crippen molar-refractivity contribution in [3.63, 3.8) is 0 Å². The van der Waals surface area contributed by atoms with Crippen molar-refractivity contribution in [2.24, 2.45) is 5.73 Å². The molecule has 1 aliphatic rings. The minimum absolute atomic E-state index is 0.0868. The minimum atomic E-state index is -0.436. The summed E-state index contributed by atoms with van der Waals surface area (Å²) in [5.74, 6) is 0. The van der Waals surface area contributed by atoms with E-state index in [0.717, 1.165) is 19.3 Å². The molecule has 0 spiro atoms. The largest absolute Gasteiger partial charge is 0.444 e. The Kier molecular flexibility index (Phi) is 3.28. The molecule has 1 unspecified atom stereocenters. The van der Waals surface area contributed by atoms with Crippen LogP contribution >= 0.6 is 0 Å². The summed E-state index contributed by atoms with van der Waals surface area (Å²) in [5, 5.41) is 2.91. The molecule has 4 nitrogen and oxygen atoms in total. The third-order valence-electron chi connectivity index (χ3n) is 2.33. The molecule has 0 saturated heterocycles. The van der Waals surface area contributed by atoms with E-state index >= 15 is 0 Å². The van der Waals surface area contributed by atoms with Crippen LogP contribution in [-0.2, 0) is 4.74 Å². The van der Waals surface area contributed by atoms with Crippen molar-refractivity contribution < 1.29 is 9.53 Å². The highest BCUT2D eigenvalue weighted by Gasteiger charge is 2.45. The number of alkyl carbamates (subject to hydrolysis) is 1. The molecule has 0 aliphatic heterocycles. The van der Waals surface area contributed by atoms with Crippen molar-refractivity contribution in [3.05, 3.63) is 0 Å². The van der Waals surface area contributed by atoms with Crippen LogP contribution < -0.4 is 11.1 Å². The highest BCUT2D eigenvalue weighted by molar-refractivity contribution is 5.69. The van der Waals surface area contributed by atoms with Gasteiger partial charge in [-0.3, -0.25) is 0 Å². The van der Waals surface area contributed by atoms with Crippen LogP contribution in [0.2, 0.25) is 0 Å². The summed E-state index contributed by atoms with van der Waals surface area (Å²) in [5.41, 5.74) is 5.21. The Bertz CT molecular complexity index is 239. The Morgan fingerprint density at radius 3 is 2.40 bits per heavy atom. The van der Waals surface area contributed by atoms with Gasteiger partial charge in [-0.05, 0) is 47.0 Å². The highest BCUT2D eigenvalue weighted by atomic mass is 16.6. The molecule has 0 heterocycles. The normalized spacial score (nSPS) is 20.6. The van der Waals surface area contributed by atoms with Crippen molar-refractivity contribution >= 4 is 6.09 Å². The minimum Gasteiger partial charge on any atom is -0.444 e. The van der Waals surface area contributed by atoms with Crippen molar-refractivity contribution in [1.82, 2.24) is 5.32 Å². The van der Waals surface area contributed by atoms with Gasteiger partial charge in [-0.1, -0.05) is 0 Å². The molecule has 1 rings (SSSR count). The van der Waals surface area contributed by atoms with E-state index in [1.165, 1.54) is 0 Å². The van der Waals surface area contributed by atoms with E-state index in [9.17, 15) is 4.79 Å². The molecule has 1 saturated carbocycles. The van der Waals surface area contributed by atoms with E-state index in [0.29, 0.717) is 0 Å². The Hall–Kier alpha value is -0.770. The molecule has 0 aromatic heterocycles. The van der Waals surface area contributed by atoms with Crippen LogP contribution in [0.3, 0.4) is 0 Å². The standard InChI is InChI=1S/C11H22N2O2/c1-8(12)7-11(5-6-11)13-9(14)15-10(2,3)4/h8H,5-7,12H2,1-4H3,(H,13,14). The number of ether oxygens (including phenoxy) is 1. The molecule has 0 radical (unpaired) electrons. The molecule has 1 aliphatic carbocycles. The number of amides is 1. The lowest BCUT2D eigenvalue weighted by atomic mass is 10.1. The predicted octanol–water partition coefficient (Wildman–Crippen LogP) is 1.78. The van der Waals surface area contributed by atoms with Gasteiger partial charge in [-0.2, -0.15) is 0 Å². The first kappa shape index (κ1) is 12.3. The summed E-state index contributed by atoms with van der Waals surface area (Å²) < 4.78 is 5.20. The van der Waals surface area contributed by atoms with E-state index in [1.807, 2.05) is 27.7 Å². The van der Waals surface area contributed by atoms with Crippen molar-refractivity contribution in [3.8, 4) is 0 Å². The van der Waals surface area contributed by atoms with Gasteiger partial charge in [-0.15, -0.1) is 0 Å². The first-order valence-corrected chi connectivity index (χ1v) is 5.49. The van der Waals surface area contributed by atoms with Gasteiger partial charge in [0.1, 0.15) is 5.60 Å². The molecular formula is C11H22N2O2. The topological polar surface area (TPSA) is 64.3 Å². The number of nitrogens with two attached hydrogens (primary N) is 1. The second-order valence-electron chi connectivity index (χ2n) is 5.59. The number of carbonyl (C=O) groups is 1. The SMILES string of the molecule is CC(N)CC1(NC(=O)OC(C)(C)C)CC1. The fraction of sp³-hybridized carbons (Fsp3) is 0.909. The number of nitrogens with one attached hydrogen (secondary N) is 1. The molecular weight excluding hydrogens is 192 g/mol. The molecule has 1 atom stereocenters. The van der Waals surface area contributed by atoms with E-state index in [-0.39, 0.29) is 17.7 Å². The maximum atomic E-state index is 11.5. The fourth-order valence-corrected chi connectivity index (χ4v) is 1.67. The zero-order chi connectivity index (χ0) is 11.7. The Morgan fingerprint density at radius 2 is 2.07 bits per heavy atom. The molecule has 0 bridgehead atoms. The third-order valence-corrected chi connectivity index (χ3v) is 2.33. The lowest BCUT2D eigenvalue weighted by molar-refractivity contribution is 0.0492. The van der Waals surface area contributed by atoms with E-state index in [1.54, 1.807) is 0 Å². The van der Waals surface area contributed by atoms with Crippen LogP contribution in [0.25, 0.3) is 0 Å². The molecule has 1 amide bonds. The zero-order valence-corrected chi connectivity index (χ0v) is 10.1. The predicted molar refractivity (Wildman–Crippen MR) is 59.6 cm³/mol. The molecule has 4 heteroatoms. The van der Waals surface area contributed by atoms with Gasteiger partial charge in [0.05, 0.1) is 0 Å². The van der Waals surface area contributed by atoms with E-state index in [4.69, 9.17) is 10.5 Å². The van der Waals surface area contributed by atoms with Gasteiger partial charge in [0, 0.05) is 11.6 Å². The zero-order valence-electron chi connectivity index (χ0n) is 10.1. The summed E-state index contributed by atoms with van der Waals surface area (Å²) in [7, 11) is 0. The van der Waals surface area contributed by atoms with Gasteiger partial charge in [-0.25, -0.2) is 4.79 Å². The maximum absolute atomic E-state index is 11.5. The second kappa shape index (κ2) is 4.00. The molecule has 15 heavy (non-hydrogen) atoms. The molecule has 88 valence electrons. The molecule has 0 aromatic rings. The van der Waals surface area contributed by atoms with Gasteiger partial charge < -0.3 is 15.8 Å². The number of hydrogen-bond acceptors (Lipinski definition) is 3. The summed E-state index contributed by atoms with van der Waals surface area (Å²) in [6.07, 6.45) is 2.51. The Labute approximate surface area is 91.5 Å². The molecule has 1 fully saturated rings. The van der Waals surface area contributed by atoms with Crippen LogP contribution in [0.5, 0.6) is 0 Å². The van der Waals surface area contributed by atoms with Crippen molar-refractivity contribution in [2.75, 3.05) is 0 Å². The Morgan fingerprint density at radius 1 is 1.53 bits per heavy atom. The molecule has 3 N–H and O–H groups in total. The van der Waals surface area contributed by atoms with E-state index < -0.39 is 5.60 Å². The van der Waals surface area contributed by atoms with E-state index in [2.05, 4.69) is 5.32 Å². The molecule has 0 aromatic carbocycles. The number of hydrogen-bond donors (Lipinski definition) is 2. The van der Waals surface area contributed by atoms with Crippen LogP contribution in [0.1, 0.15) is 47.0 Å². The van der Waals surface area contributed by atoms with Crippen molar-refractivity contribution in [2.45, 2.75) is 64.1 Å². The van der Waals surface area contributed by atoms with Crippen molar-refractivity contribution in [1.29, 1.82) is 0 Å². The first-order valence-electron chi connectivity index (χ1n) is 5.49. The number of carbonyl (C=O) groups excluding carboxylic acids is 1. The highest BCUT2D eigenvalue weighted by Crippen LogP contribution is 2.39. The maximum Gasteiger partial charge on any atom is 0.408 e.